The van der Waals surface area contributed by atoms with Gasteiger partial charge in [0.15, 0.2) is 6.29 Å². The number of nitrogens with zero attached hydrogens (tertiary/aromatic N) is 2. The molecule has 0 aliphatic rings. The van der Waals surface area contributed by atoms with Crippen LogP contribution in [0.1, 0.15) is 35.1 Å². The smallest absolute Gasteiger partial charge is 0.153 e. The van der Waals surface area contributed by atoms with Crippen LogP contribution >= 0.6 is 0 Å². The Balaban J connectivity index is 2.23. The Morgan fingerprint density at radius 3 is 2.95 bits per heavy atom. The van der Waals surface area contributed by atoms with Gasteiger partial charge in [-0.3, -0.25) is 4.79 Å². The van der Waals surface area contributed by atoms with Gasteiger partial charge in [0, 0.05) is 25.4 Å². The fourth-order valence-corrected chi connectivity index (χ4v) is 2.12. The number of carbonyl (C=O) groups is 1. The zero-order chi connectivity index (χ0) is 13.7. The molecule has 2 rings (SSSR count). The van der Waals surface area contributed by atoms with Crippen LogP contribution in [0.5, 0.6) is 5.75 Å². The van der Waals surface area contributed by atoms with Crippen molar-refractivity contribution in [1.29, 1.82) is 0 Å². The Labute approximate surface area is 113 Å². The normalized spacial score (nSPS) is 10.4. The van der Waals surface area contributed by atoms with Crippen molar-refractivity contribution in [2.45, 2.75) is 26.3 Å². The summed E-state index contributed by atoms with van der Waals surface area (Å²) < 4.78 is 7.28. The predicted octanol–water partition coefficient (Wildman–Crippen LogP) is 2.71. The summed E-state index contributed by atoms with van der Waals surface area (Å²) in [6, 6.07) is 5.65. The van der Waals surface area contributed by atoms with Gasteiger partial charge in [0.2, 0.25) is 0 Å². The molecule has 0 aliphatic carbocycles. The number of carbonyl (C=O) groups excluding carboxylic acids is 1. The highest BCUT2D eigenvalue weighted by Gasteiger charge is 2.07. The van der Waals surface area contributed by atoms with Crippen LogP contribution in [0.4, 0.5) is 0 Å². The molecule has 2 aromatic rings. The molecule has 0 atom stereocenters. The lowest BCUT2D eigenvalue weighted by molar-refractivity contribution is 0.112. The molecule has 1 heterocycles. The highest BCUT2D eigenvalue weighted by molar-refractivity contribution is 5.79. The molecule has 0 bridgehead atoms. The van der Waals surface area contributed by atoms with Crippen LogP contribution in [0.3, 0.4) is 0 Å². The van der Waals surface area contributed by atoms with Crippen LogP contribution in [-0.4, -0.2) is 22.9 Å². The van der Waals surface area contributed by atoms with E-state index in [1.54, 1.807) is 7.11 Å². The van der Waals surface area contributed by atoms with Gasteiger partial charge in [0.05, 0.1) is 12.7 Å². The van der Waals surface area contributed by atoms with E-state index in [4.69, 9.17) is 4.74 Å². The molecule has 0 N–H and O–H groups in total. The summed E-state index contributed by atoms with van der Waals surface area (Å²) in [6.45, 7) is 3.10. The minimum Gasteiger partial charge on any atom is -0.496 e. The maximum Gasteiger partial charge on any atom is 0.153 e. The molecule has 0 aliphatic heterocycles. The number of aromatic nitrogens is 2. The van der Waals surface area contributed by atoms with E-state index in [9.17, 15) is 4.79 Å². The molecule has 1 aromatic heterocycles. The third kappa shape index (κ3) is 3.02. The first-order valence-corrected chi connectivity index (χ1v) is 6.40. The van der Waals surface area contributed by atoms with E-state index >= 15 is 0 Å². The second kappa shape index (κ2) is 6.18. The summed E-state index contributed by atoms with van der Waals surface area (Å²) in [4.78, 5) is 15.4. The van der Waals surface area contributed by atoms with E-state index in [1.807, 2.05) is 30.6 Å². The first kappa shape index (κ1) is 13.3. The summed E-state index contributed by atoms with van der Waals surface area (Å²) in [7, 11) is 1.57. The van der Waals surface area contributed by atoms with Crippen LogP contribution in [0, 0.1) is 0 Å². The SMILES string of the molecule is CCCn1ccnc1Cc1ccc(OC)c(C=O)c1. The summed E-state index contributed by atoms with van der Waals surface area (Å²) in [6.07, 6.45) is 6.42. The predicted molar refractivity (Wildman–Crippen MR) is 73.7 cm³/mol. The summed E-state index contributed by atoms with van der Waals surface area (Å²) >= 11 is 0. The summed E-state index contributed by atoms with van der Waals surface area (Å²) in [5.41, 5.74) is 1.64. The van der Waals surface area contributed by atoms with Crippen LogP contribution in [0.2, 0.25) is 0 Å². The van der Waals surface area contributed by atoms with Crippen molar-refractivity contribution in [2.24, 2.45) is 0 Å². The molecule has 0 amide bonds. The Hall–Kier alpha value is -2.10. The zero-order valence-corrected chi connectivity index (χ0v) is 11.3. The monoisotopic (exact) mass is 258 g/mol. The quantitative estimate of drug-likeness (QED) is 0.748. The van der Waals surface area contributed by atoms with Gasteiger partial charge in [0.25, 0.3) is 0 Å². The van der Waals surface area contributed by atoms with Crippen molar-refractivity contribution >= 4 is 6.29 Å². The van der Waals surface area contributed by atoms with Crippen molar-refractivity contribution < 1.29 is 9.53 Å². The van der Waals surface area contributed by atoms with Gasteiger partial charge in [-0.2, -0.15) is 0 Å². The number of imidazole rings is 1. The van der Waals surface area contributed by atoms with Crippen molar-refractivity contribution in [3.63, 3.8) is 0 Å². The Morgan fingerprint density at radius 1 is 1.42 bits per heavy atom. The highest BCUT2D eigenvalue weighted by Crippen LogP contribution is 2.19. The van der Waals surface area contributed by atoms with Crippen LogP contribution in [0.15, 0.2) is 30.6 Å². The number of aldehydes is 1. The molecule has 100 valence electrons. The second-order valence-electron chi connectivity index (χ2n) is 4.41. The topological polar surface area (TPSA) is 44.1 Å². The Bertz CT molecular complexity index is 561. The van der Waals surface area contributed by atoms with Gasteiger partial charge in [-0.15, -0.1) is 0 Å². The van der Waals surface area contributed by atoms with E-state index in [1.165, 1.54) is 0 Å². The molecular weight excluding hydrogens is 240 g/mol. The largest absolute Gasteiger partial charge is 0.496 e. The molecule has 1 aromatic carbocycles. The second-order valence-corrected chi connectivity index (χ2v) is 4.41. The molecule has 0 fully saturated rings. The minimum absolute atomic E-state index is 0.577. The van der Waals surface area contributed by atoms with E-state index in [2.05, 4.69) is 16.5 Å². The van der Waals surface area contributed by atoms with Gasteiger partial charge in [-0.05, 0) is 24.1 Å². The molecule has 4 nitrogen and oxygen atoms in total. The van der Waals surface area contributed by atoms with Crippen LogP contribution in [0.25, 0.3) is 0 Å². The molecule has 19 heavy (non-hydrogen) atoms. The maximum atomic E-state index is 11.0. The molecule has 4 heteroatoms. The summed E-state index contributed by atoms with van der Waals surface area (Å²) in [5.74, 6) is 1.62. The fraction of sp³-hybridized carbons (Fsp3) is 0.333. The number of methoxy groups -OCH3 is 1. The molecule has 0 saturated carbocycles. The third-order valence-corrected chi connectivity index (χ3v) is 3.05. The molecule has 0 spiro atoms. The Morgan fingerprint density at radius 2 is 2.26 bits per heavy atom. The van der Waals surface area contributed by atoms with E-state index < -0.39 is 0 Å². The number of ether oxygens (including phenoxy) is 1. The number of rotatable bonds is 6. The van der Waals surface area contributed by atoms with E-state index in [0.717, 1.165) is 37.1 Å². The lowest BCUT2D eigenvalue weighted by Crippen LogP contribution is -2.04. The number of benzene rings is 1. The van der Waals surface area contributed by atoms with Crippen molar-refractivity contribution in [3.05, 3.63) is 47.5 Å². The molecular formula is C15H18N2O2. The standard InChI is InChI=1S/C15H18N2O2/c1-3-7-17-8-6-16-15(17)10-12-4-5-14(19-2)13(9-12)11-18/h4-6,8-9,11H,3,7,10H2,1-2H3. The fourth-order valence-electron chi connectivity index (χ4n) is 2.12. The highest BCUT2D eigenvalue weighted by atomic mass is 16.5. The van der Waals surface area contributed by atoms with Gasteiger partial charge in [-0.1, -0.05) is 13.0 Å². The van der Waals surface area contributed by atoms with Gasteiger partial charge in [0.1, 0.15) is 11.6 Å². The van der Waals surface area contributed by atoms with Crippen molar-refractivity contribution in [2.75, 3.05) is 7.11 Å². The first-order chi connectivity index (χ1) is 9.28. The third-order valence-electron chi connectivity index (χ3n) is 3.05. The van der Waals surface area contributed by atoms with Crippen LogP contribution < -0.4 is 4.74 Å². The average molecular weight is 258 g/mol. The van der Waals surface area contributed by atoms with Crippen LogP contribution in [-0.2, 0) is 13.0 Å². The number of hydrogen-bond acceptors (Lipinski definition) is 3. The summed E-state index contributed by atoms with van der Waals surface area (Å²) in [5, 5.41) is 0. The van der Waals surface area contributed by atoms with E-state index in [0.29, 0.717) is 11.3 Å². The molecule has 0 radical (unpaired) electrons. The number of hydrogen-bond donors (Lipinski definition) is 0. The maximum absolute atomic E-state index is 11.0. The van der Waals surface area contributed by atoms with Gasteiger partial charge in [-0.25, -0.2) is 4.98 Å². The average Bonchev–Trinajstić information content (AvgIpc) is 2.86. The van der Waals surface area contributed by atoms with Gasteiger partial charge >= 0.3 is 0 Å². The number of aryl methyl sites for hydroxylation is 1. The zero-order valence-electron chi connectivity index (χ0n) is 11.3. The molecule has 0 saturated heterocycles. The molecule has 0 unspecified atom stereocenters. The van der Waals surface area contributed by atoms with Gasteiger partial charge < -0.3 is 9.30 Å². The van der Waals surface area contributed by atoms with E-state index in [-0.39, 0.29) is 0 Å². The van der Waals surface area contributed by atoms with Crippen molar-refractivity contribution in [3.8, 4) is 5.75 Å². The lowest BCUT2D eigenvalue weighted by atomic mass is 10.1. The van der Waals surface area contributed by atoms with Crippen molar-refractivity contribution in [1.82, 2.24) is 9.55 Å². The Kier molecular flexibility index (Phi) is 4.34. The lowest BCUT2D eigenvalue weighted by Gasteiger charge is -2.08. The minimum atomic E-state index is 0.577. The first-order valence-electron chi connectivity index (χ1n) is 6.40.